The van der Waals surface area contributed by atoms with E-state index in [0.29, 0.717) is 29.3 Å². The van der Waals surface area contributed by atoms with Crippen LogP contribution in [0.4, 0.5) is 18.2 Å². The number of hydrogen-bond acceptors (Lipinski definition) is 9. The van der Waals surface area contributed by atoms with Crippen LogP contribution in [0.3, 0.4) is 0 Å². The molecule has 14 heteroatoms. The van der Waals surface area contributed by atoms with E-state index in [0.717, 1.165) is 4.68 Å². The Hall–Kier alpha value is -3.29. The molecule has 0 radical (unpaired) electrons. The van der Waals surface area contributed by atoms with Crippen LogP contribution in [-0.4, -0.2) is 72.8 Å². The molecule has 35 heavy (non-hydrogen) atoms. The van der Waals surface area contributed by atoms with Gasteiger partial charge in [-0.15, -0.1) is 0 Å². The zero-order valence-electron chi connectivity index (χ0n) is 21.5. The first-order valence-electron chi connectivity index (χ1n) is 11.8. The van der Waals surface area contributed by atoms with Crippen LogP contribution in [0.5, 0.6) is 6.01 Å². The lowest BCUT2D eigenvalue weighted by molar-refractivity contribution is -0.137. The van der Waals surface area contributed by atoms with Gasteiger partial charge in [-0.1, -0.05) is 11.3 Å². The Morgan fingerprint density at radius 3 is 2.54 bits per heavy atom. The Balaban J connectivity index is 1.60. The monoisotopic (exact) mass is 512 g/mol. The van der Waals surface area contributed by atoms with Gasteiger partial charge in [-0.25, -0.2) is 24.6 Å². The number of ether oxygens (including phenoxy) is 1. The van der Waals surface area contributed by atoms with Crippen molar-refractivity contribution in [3.63, 3.8) is 0 Å². The highest BCUT2D eigenvalue weighted by Crippen LogP contribution is 2.43. The number of anilines is 1. The van der Waals surface area contributed by atoms with E-state index in [4.69, 9.17) is 7.48 Å². The van der Waals surface area contributed by atoms with Crippen LogP contribution in [0.1, 0.15) is 33.2 Å². The molecule has 0 aliphatic carbocycles. The number of carbonyl (C=O) groups is 1. The van der Waals surface area contributed by atoms with Crippen LogP contribution in [0.2, 0.25) is 0 Å². The summed E-state index contributed by atoms with van der Waals surface area (Å²) in [5.41, 5.74) is 0.376. The highest BCUT2D eigenvalue weighted by atomic mass is 32.1. The second kappa shape index (κ2) is 9.76. The zero-order chi connectivity index (χ0) is 27.1. The Labute approximate surface area is 206 Å². The second-order valence-electron chi connectivity index (χ2n) is 7.88. The Bertz CT molecular complexity index is 1280. The van der Waals surface area contributed by atoms with Gasteiger partial charge >= 0.3 is 12.2 Å². The molecule has 1 aliphatic rings. The van der Waals surface area contributed by atoms with Gasteiger partial charge in [-0.05, 0) is 27.7 Å². The molecule has 1 atom stereocenters. The molecule has 1 amide bonds. The molecule has 0 unspecified atom stereocenters. The van der Waals surface area contributed by atoms with E-state index >= 15 is 0 Å². The number of nitrogens with zero attached hydrogens (tertiary/aromatic N) is 8. The van der Waals surface area contributed by atoms with Gasteiger partial charge < -0.3 is 14.5 Å². The predicted molar refractivity (Wildman–Crippen MR) is 122 cm³/mol. The molecule has 0 N–H and O–H groups in total. The number of thiazole rings is 1. The summed E-state index contributed by atoms with van der Waals surface area (Å²) in [7, 11) is 0. The number of piperazine rings is 1. The van der Waals surface area contributed by atoms with E-state index in [-0.39, 0.29) is 42.2 Å². The molecule has 3 aromatic rings. The number of amides is 1. The molecule has 3 aromatic heterocycles. The highest BCUT2D eigenvalue weighted by molar-refractivity contribution is 7.16. The molecule has 4 heterocycles. The largest absolute Gasteiger partial charge is 0.464 e. The van der Waals surface area contributed by atoms with E-state index < -0.39 is 29.6 Å². The number of hydrogen-bond donors (Lipinski definition) is 0. The third kappa shape index (κ3) is 5.36. The molecule has 1 aliphatic heterocycles. The quantitative estimate of drug-likeness (QED) is 0.497. The predicted octanol–water partition coefficient (Wildman–Crippen LogP) is 2.96. The topological polar surface area (TPSA) is 102 Å². The summed E-state index contributed by atoms with van der Waals surface area (Å²) in [6.45, 7) is 4.93. The summed E-state index contributed by atoms with van der Waals surface area (Å²) >= 11 is 0.504. The fraction of sp³-hybridized carbons (Fsp3) is 0.524. The Kier molecular flexibility index (Phi) is 6.19. The molecule has 188 valence electrons. The summed E-state index contributed by atoms with van der Waals surface area (Å²) in [5.74, 6) is -0.203. The summed E-state index contributed by atoms with van der Waals surface area (Å²) in [4.78, 5) is 32.3. The first kappa shape index (κ1) is 22.2. The average molecular weight is 513 g/mol. The fourth-order valence-electron chi connectivity index (χ4n) is 3.70. The minimum absolute atomic E-state index is 0.0800. The van der Waals surface area contributed by atoms with Crippen molar-refractivity contribution >= 4 is 22.2 Å². The Morgan fingerprint density at radius 1 is 1.26 bits per heavy atom. The highest BCUT2D eigenvalue weighted by Gasteiger charge is 2.38. The van der Waals surface area contributed by atoms with Crippen molar-refractivity contribution in [1.29, 1.82) is 0 Å². The van der Waals surface area contributed by atoms with Crippen molar-refractivity contribution in [1.82, 2.24) is 34.6 Å². The van der Waals surface area contributed by atoms with Crippen LogP contribution >= 0.6 is 11.3 Å². The van der Waals surface area contributed by atoms with E-state index in [1.807, 2.05) is 0 Å². The smallest absolute Gasteiger partial charge is 0.443 e. The van der Waals surface area contributed by atoms with Crippen molar-refractivity contribution < 1.29 is 25.4 Å². The number of halogens is 3. The van der Waals surface area contributed by atoms with Crippen LogP contribution in [0, 0.1) is 13.8 Å². The summed E-state index contributed by atoms with van der Waals surface area (Å²) in [6.07, 6.45) is -1.93. The molecule has 0 bridgehead atoms. The average Bonchev–Trinajstić information content (AvgIpc) is 3.43. The normalized spacial score (nSPS) is 17.9. The van der Waals surface area contributed by atoms with Gasteiger partial charge in [-0.2, -0.15) is 18.3 Å². The van der Waals surface area contributed by atoms with Crippen molar-refractivity contribution in [3.8, 4) is 17.3 Å². The van der Waals surface area contributed by atoms with Crippen LogP contribution in [-0.2, 0) is 17.5 Å². The van der Waals surface area contributed by atoms with Gasteiger partial charge in [0.2, 0.25) is 10.9 Å². The molecule has 1 saturated heterocycles. The van der Waals surface area contributed by atoms with E-state index in [1.165, 1.54) is 17.3 Å². The third-order valence-electron chi connectivity index (χ3n) is 5.28. The number of rotatable bonds is 6. The van der Waals surface area contributed by atoms with Crippen molar-refractivity contribution in [2.75, 3.05) is 31.1 Å². The summed E-state index contributed by atoms with van der Waals surface area (Å²) in [5, 5.41) is 3.27. The lowest BCUT2D eigenvalue weighted by Gasteiger charge is -2.40. The van der Waals surface area contributed by atoms with Crippen LogP contribution in [0.25, 0.3) is 11.3 Å². The van der Waals surface area contributed by atoms with E-state index in [1.54, 1.807) is 32.6 Å². The van der Waals surface area contributed by atoms with Gasteiger partial charge in [0.25, 0.3) is 0 Å². The second-order valence-corrected chi connectivity index (χ2v) is 8.86. The van der Waals surface area contributed by atoms with Crippen molar-refractivity contribution in [2.24, 2.45) is 0 Å². The van der Waals surface area contributed by atoms with Crippen molar-refractivity contribution in [2.45, 2.75) is 46.4 Å². The van der Waals surface area contributed by atoms with Gasteiger partial charge in [0.1, 0.15) is 28.8 Å². The maximum Gasteiger partial charge on any atom is 0.443 e. The molecule has 1 fully saturated rings. The maximum absolute atomic E-state index is 13.6. The lowest BCUT2D eigenvalue weighted by atomic mass is 10.1. The molecule has 0 aromatic carbocycles. The molecular weight excluding hydrogens is 485 g/mol. The number of aryl methyl sites for hydroxylation is 2. The maximum atomic E-state index is 13.6. The van der Waals surface area contributed by atoms with E-state index in [9.17, 15) is 18.0 Å². The summed E-state index contributed by atoms with van der Waals surface area (Å²) < 4.78 is 63.7. The van der Waals surface area contributed by atoms with Crippen LogP contribution < -0.4 is 9.64 Å². The van der Waals surface area contributed by atoms with Gasteiger partial charge in [0.05, 0.1) is 9.35 Å². The van der Waals surface area contributed by atoms with Gasteiger partial charge in [0.15, 0.2) is 0 Å². The molecule has 0 spiro atoms. The minimum Gasteiger partial charge on any atom is -0.464 e. The molecule has 10 nitrogen and oxygen atoms in total. The molecule has 4 rings (SSSR count). The first-order chi connectivity index (χ1) is 17.3. The fourth-order valence-corrected chi connectivity index (χ4v) is 4.69. The zero-order valence-corrected chi connectivity index (χ0v) is 20.3. The van der Waals surface area contributed by atoms with E-state index in [2.05, 4.69) is 25.0 Å². The Morgan fingerprint density at radius 2 is 1.97 bits per heavy atom. The minimum atomic E-state index is -4.64. The third-order valence-corrected chi connectivity index (χ3v) is 6.44. The summed E-state index contributed by atoms with van der Waals surface area (Å²) in [6, 6.07) is -0.408. The number of alkyl halides is 3. The molecule has 0 saturated carbocycles. The first-order valence-corrected chi connectivity index (χ1v) is 11.6. The SMILES string of the molecule is [2H]C([2H])(C(=O)N1CCN(c2sc(C(F)(F)F)nc2-c2cnc(OCC)nc2)C[C@H]1C)n1nc(C)nc1C. The van der Waals surface area contributed by atoms with Crippen molar-refractivity contribution in [3.05, 3.63) is 29.1 Å². The van der Waals surface area contributed by atoms with Gasteiger partial charge in [0, 0.05) is 43.6 Å². The molecular formula is C21H25F3N8O2S. The van der Waals surface area contributed by atoms with Crippen LogP contribution in [0.15, 0.2) is 12.4 Å². The standard InChI is InChI=1S/C21H25F3N8O2S/c1-5-34-20-25-8-15(9-26-20)17-18(35-19(28-17)21(22,23)24)30-6-7-31(12(2)10-30)16(33)11-32-14(4)27-13(3)29-32/h8-9,12H,5-7,10-11H2,1-4H3/t12-/m1/s1/i11D2. The number of aromatic nitrogens is 6. The lowest BCUT2D eigenvalue weighted by Crippen LogP contribution is -2.54. The van der Waals surface area contributed by atoms with Gasteiger partial charge in [-0.3, -0.25) is 4.79 Å². The number of carbonyl (C=O) groups excluding carboxylic acids is 1.